The van der Waals surface area contributed by atoms with Gasteiger partial charge in [0.05, 0.1) is 0 Å². The first-order valence-corrected chi connectivity index (χ1v) is 4.25. The van der Waals surface area contributed by atoms with Crippen molar-refractivity contribution in [3.05, 3.63) is 0 Å². The minimum absolute atomic E-state index is 0.461. The van der Waals surface area contributed by atoms with Crippen LogP contribution in [0, 0.1) is 17.8 Å². The Morgan fingerprint density at radius 3 is 2.43 bits per heavy atom. The number of alkyl halides is 3. The third kappa shape index (κ3) is 2.95. The highest BCUT2D eigenvalue weighted by Crippen LogP contribution is 2.39. The van der Waals surface area contributed by atoms with Crippen LogP contribution in [0.25, 0.3) is 0 Å². The number of halogens is 3. The summed E-state index contributed by atoms with van der Waals surface area (Å²) in [6.45, 7) is 1.40. The van der Waals surface area contributed by atoms with E-state index in [-0.39, 0.29) is 0 Å². The Bertz CT molecular complexity index is 283. The molecule has 0 aromatic rings. The molecule has 1 amide bonds. The van der Waals surface area contributed by atoms with E-state index in [0.717, 1.165) is 0 Å². The molecule has 5 heteroatoms. The van der Waals surface area contributed by atoms with Crippen LogP contribution in [0.15, 0.2) is 0 Å². The normalized spacial score (nSPS) is 18.0. The number of amides is 1. The van der Waals surface area contributed by atoms with Crippen molar-refractivity contribution in [3.8, 4) is 11.8 Å². The predicted octanol–water partition coefficient (Wildman–Crippen LogP) is 1.47. The van der Waals surface area contributed by atoms with E-state index in [4.69, 9.17) is 0 Å². The molecular formula is C9H10F3NO. The van der Waals surface area contributed by atoms with Crippen molar-refractivity contribution < 1.29 is 18.0 Å². The van der Waals surface area contributed by atoms with Crippen LogP contribution in [0.4, 0.5) is 13.2 Å². The second-order valence-electron chi connectivity index (χ2n) is 3.21. The molecule has 14 heavy (non-hydrogen) atoms. The fraction of sp³-hybridized carbons (Fsp3) is 0.667. The molecule has 78 valence electrons. The van der Waals surface area contributed by atoms with Gasteiger partial charge in [-0.25, -0.2) is 0 Å². The zero-order valence-electron chi connectivity index (χ0n) is 7.61. The highest BCUT2D eigenvalue weighted by atomic mass is 19.4. The van der Waals surface area contributed by atoms with E-state index >= 15 is 0 Å². The van der Waals surface area contributed by atoms with Crippen LogP contribution in [0.2, 0.25) is 0 Å². The molecule has 2 nitrogen and oxygen atoms in total. The Kier molecular flexibility index (Phi) is 3.04. The van der Waals surface area contributed by atoms with Gasteiger partial charge in [0.15, 0.2) is 0 Å². The summed E-state index contributed by atoms with van der Waals surface area (Å²) in [6, 6.07) is -1.73. The van der Waals surface area contributed by atoms with Crippen LogP contribution in [-0.2, 0) is 4.79 Å². The maximum Gasteiger partial charge on any atom is 0.408 e. The molecule has 0 heterocycles. The summed E-state index contributed by atoms with van der Waals surface area (Å²) >= 11 is 0. The van der Waals surface area contributed by atoms with Gasteiger partial charge in [-0.05, 0) is 31.6 Å². The van der Waals surface area contributed by atoms with Crippen molar-refractivity contribution in [1.29, 1.82) is 0 Å². The lowest BCUT2D eigenvalue weighted by Crippen LogP contribution is -2.46. The van der Waals surface area contributed by atoms with Crippen LogP contribution in [0.1, 0.15) is 19.8 Å². The Hall–Kier alpha value is -1.18. The molecule has 0 spiro atoms. The molecule has 1 fully saturated rings. The fourth-order valence-corrected chi connectivity index (χ4v) is 1.19. The minimum Gasteiger partial charge on any atom is -0.333 e. The maximum atomic E-state index is 12.3. The van der Waals surface area contributed by atoms with Crippen molar-refractivity contribution in [2.45, 2.75) is 32.0 Å². The molecule has 1 atom stereocenters. The van der Waals surface area contributed by atoms with E-state index in [0.29, 0.717) is 12.8 Å². The molecule has 1 aliphatic carbocycles. The first-order valence-electron chi connectivity index (χ1n) is 4.25. The lowest BCUT2D eigenvalue weighted by Gasteiger charge is -2.19. The Balaban J connectivity index is 2.59. The molecule has 0 radical (unpaired) electrons. The van der Waals surface area contributed by atoms with Gasteiger partial charge in [0, 0.05) is 0 Å². The van der Waals surface area contributed by atoms with E-state index in [1.807, 2.05) is 11.2 Å². The number of hydrogen-bond donors (Lipinski definition) is 1. The molecule has 0 aliphatic heterocycles. The SMILES string of the molecule is CC#CC(=O)NC(C1CC1)C(F)(F)F. The molecule has 1 rings (SSSR count). The van der Waals surface area contributed by atoms with Gasteiger partial charge >= 0.3 is 6.18 Å². The number of carbonyl (C=O) groups is 1. The van der Waals surface area contributed by atoms with Gasteiger partial charge in [-0.3, -0.25) is 4.79 Å². The van der Waals surface area contributed by atoms with Crippen molar-refractivity contribution in [1.82, 2.24) is 5.32 Å². The maximum absolute atomic E-state index is 12.3. The molecular weight excluding hydrogens is 195 g/mol. The average Bonchev–Trinajstić information content (AvgIpc) is 2.81. The largest absolute Gasteiger partial charge is 0.408 e. The summed E-state index contributed by atoms with van der Waals surface area (Å²) in [4.78, 5) is 10.8. The highest BCUT2D eigenvalue weighted by molar-refractivity contribution is 5.93. The third-order valence-corrected chi connectivity index (χ3v) is 1.97. The quantitative estimate of drug-likeness (QED) is 0.679. The Labute approximate surface area is 79.9 Å². The van der Waals surface area contributed by atoms with E-state index in [9.17, 15) is 18.0 Å². The summed E-state index contributed by atoms with van der Waals surface area (Å²) in [5.74, 6) is 2.96. The fourth-order valence-electron chi connectivity index (χ4n) is 1.19. The lowest BCUT2D eigenvalue weighted by molar-refractivity contribution is -0.164. The minimum atomic E-state index is -4.37. The molecule has 1 N–H and O–H groups in total. The summed E-state index contributed by atoms with van der Waals surface area (Å²) < 4.78 is 37.0. The van der Waals surface area contributed by atoms with Gasteiger partial charge in [0.2, 0.25) is 0 Å². The van der Waals surface area contributed by atoms with Crippen LogP contribution in [-0.4, -0.2) is 18.1 Å². The van der Waals surface area contributed by atoms with E-state index < -0.39 is 24.0 Å². The van der Waals surface area contributed by atoms with Crippen molar-refractivity contribution in [3.63, 3.8) is 0 Å². The average molecular weight is 205 g/mol. The first kappa shape index (κ1) is 10.9. The number of rotatable bonds is 2. The Morgan fingerprint density at radius 2 is 2.07 bits per heavy atom. The van der Waals surface area contributed by atoms with E-state index in [1.165, 1.54) is 6.92 Å². The molecule has 0 aromatic heterocycles. The van der Waals surface area contributed by atoms with E-state index in [1.54, 1.807) is 0 Å². The second kappa shape index (κ2) is 3.91. The van der Waals surface area contributed by atoms with Gasteiger partial charge in [0.25, 0.3) is 5.91 Å². The molecule has 1 unspecified atom stereocenters. The summed E-state index contributed by atoms with van der Waals surface area (Å²) in [5.41, 5.74) is 0. The first-order chi connectivity index (χ1) is 6.45. The van der Waals surface area contributed by atoms with Crippen LogP contribution < -0.4 is 5.32 Å². The topological polar surface area (TPSA) is 29.1 Å². The second-order valence-corrected chi connectivity index (χ2v) is 3.21. The molecule has 0 saturated heterocycles. The van der Waals surface area contributed by atoms with Crippen LogP contribution in [0.3, 0.4) is 0 Å². The van der Waals surface area contributed by atoms with Crippen LogP contribution >= 0.6 is 0 Å². The van der Waals surface area contributed by atoms with Crippen molar-refractivity contribution >= 4 is 5.91 Å². The number of carbonyl (C=O) groups excluding carboxylic acids is 1. The molecule has 1 saturated carbocycles. The summed E-state index contributed by atoms with van der Waals surface area (Å²) in [6.07, 6.45) is -3.33. The van der Waals surface area contributed by atoms with E-state index in [2.05, 4.69) is 5.92 Å². The molecule has 1 aliphatic rings. The molecule has 0 aromatic carbocycles. The smallest absolute Gasteiger partial charge is 0.333 e. The zero-order valence-corrected chi connectivity index (χ0v) is 7.61. The van der Waals surface area contributed by atoms with Gasteiger partial charge < -0.3 is 5.32 Å². The highest BCUT2D eigenvalue weighted by Gasteiger charge is 2.49. The van der Waals surface area contributed by atoms with Crippen LogP contribution in [0.5, 0.6) is 0 Å². The number of nitrogens with one attached hydrogen (secondary N) is 1. The summed E-state index contributed by atoms with van der Waals surface area (Å²) in [7, 11) is 0. The van der Waals surface area contributed by atoms with Crippen molar-refractivity contribution in [2.24, 2.45) is 5.92 Å². The monoisotopic (exact) mass is 205 g/mol. The lowest BCUT2D eigenvalue weighted by atomic mass is 10.2. The van der Waals surface area contributed by atoms with Gasteiger partial charge in [-0.1, -0.05) is 5.92 Å². The zero-order chi connectivity index (χ0) is 10.8. The van der Waals surface area contributed by atoms with Crippen molar-refractivity contribution in [2.75, 3.05) is 0 Å². The summed E-state index contributed by atoms with van der Waals surface area (Å²) in [5, 5.41) is 1.88. The molecule has 0 bridgehead atoms. The Morgan fingerprint density at radius 1 is 1.50 bits per heavy atom. The predicted molar refractivity (Wildman–Crippen MR) is 44.2 cm³/mol. The third-order valence-electron chi connectivity index (χ3n) is 1.97. The van der Waals surface area contributed by atoms with Gasteiger partial charge in [-0.2, -0.15) is 13.2 Å². The van der Waals surface area contributed by atoms with Gasteiger partial charge in [0.1, 0.15) is 6.04 Å². The standard InChI is InChI=1S/C9H10F3NO/c1-2-3-7(14)13-8(6-4-5-6)9(10,11)12/h6,8H,4-5H2,1H3,(H,13,14). The number of hydrogen-bond acceptors (Lipinski definition) is 1. The van der Waals surface area contributed by atoms with Gasteiger partial charge in [-0.15, -0.1) is 0 Å².